The van der Waals surface area contributed by atoms with Crippen LogP contribution in [0.1, 0.15) is 43.7 Å². The highest BCUT2D eigenvalue weighted by molar-refractivity contribution is 6.31. The van der Waals surface area contributed by atoms with Gasteiger partial charge in [-0.2, -0.15) is 0 Å². The summed E-state index contributed by atoms with van der Waals surface area (Å²) in [5.74, 6) is 0.718. The van der Waals surface area contributed by atoms with E-state index >= 15 is 0 Å². The van der Waals surface area contributed by atoms with Crippen LogP contribution in [0.4, 0.5) is 4.39 Å². The monoisotopic (exact) mass is 426 g/mol. The Kier molecular flexibility index (Phi) is 4.71. The summed E-state index contributed by atoms with van der Waals surface area (Å²) in [6.07, 6.45) is 5.85. The van der Waals surface area contributed by atoms with Gasteiger partial charge in [-0.15, -0.1) is 0 Å². The average Bonchev–Trinajstić information content (AvgIpc) is 3.18. The summed E-state index contributed by atoms with van der Waals surface area (Å²) in [5.41, 5.74) is 4.65. The van der Waals surface area contributed by atoms with E-state index in [0.29, 0.717) is 6.10 Å². The average molecular weight is 427 g/mol. The zero-order valence-corrected chi connectivity index (χ0v) is 18.6. The van der Waals surface area contributed by atoms with Gasteiger partial charge in [0.05, 0.1) is 17.0 Å². The third-order valence-corrected chi connectivity index (χ3v) is 8.10. The Hall–Kier alpha value is -1.91. The molecule has 1 saturated carbocycles. The van der Waals surface area contributed by atoms with Gasteiger partial charge in [-0.3, -0.25) is 4.99 Å². The zero-order chi connectivity index (χ0) is 21.1. The van der Waals surface area contributed by atoms with Crippen LogP contribution >= 0.6 is 11.6 Å². The molecule has 30 heavy (non-hydrogen) atoms. The normalized spacial score (nSPS) is 30.2. The Labute approximate surface area is 182 Å². The van der Waals surface area contributed by atoms with Gasteiger partial charge in [0.25, 0.3) is 0 Å². The second-order valence-electron chi connectivity index (χ2n) is 9.27. The zero-order valence-electron chi connectivity index (χ0n) is 17.8. The maximum absolute atomic E-state index is 13.7. The molecule has 1 atom stereocenters. The van der Waals surface area contributed by atoms with Crippen LogP contribution in [0.15, 0.2) is 41.4 Å². The summed E-state index contributed by atoms with van der Waals surface area (Å²) < 4.78 is 19.4. The van der Waals surface area contributed by atoms with Crippen molar-refractivity contribution in [2.75, 3.05) is 20.7 Å². The number of amidine groups is 1. The number of aliphatic imine (C=N–C) groups is 1. The van der Waals surface area contributed by atoms with Crippen molar-refractivity contribution in [2.24, 2.45) is 10.4 Å². The number of ether oxygens (including phenoxy) is 1. The predicted octanol–water partition coefficient (Wildman–Crippen LogP) is 5.84. The fourth-order valence-corrected chi connectivity index (χ4v) is 6.20. The molecule has 2 aromatic carbocycles. The Bertz CT molecular complexity index is 1030. The van der Waals surface area contributed by atoms with E-state index in [4.69, 9.17) is 21.3 Å². The van der Waals surface area contributed by atoms with Crippen LogP contribution in [-0.4, -0.2) is 37.5 Å². The number of methoxy groups -OCH3 is 1. The van der Waals surface area contributed by atoms with Gasteiger partial charge in [0.2, 0.25) is 0 Å². The van der Waals surface area contributed by atoms with Crippen molar-refractivity contribution in [3.63, 3.8) is 0 Å². The highest BCUT2D eigenvalue weighted by Gasteiger charge is 2.60. The number of halogens is 2. The maximum Gasteiger partial charge on any atom is 0.141 e. The fraction of sp³-hybridized carbons (Fsp3) is 0.480. The van der Waals surface area contributed by atoms with E-state index in [-0.39, 0.29) is 21.8 Å². The first kappa shape index (κ1) is 20.0. The topological polar surface area (TPSA) is 24.8 Å². The summed E-state index contributed by atoms with van der Waals surface area (Å²) in [6.45, 7) is 3.03. The Morgan fingerprint density at radius 3 is 2.47 bits per heavy atom. The Morgan fingerprint density at radius 1 is 1.13 bits per heavy atom. The van der Waals surface area contributed by atoms with Gasteiger partial charge < -0.3 is 9.64 Å². The summed E-state index contributed by atoms with van der Waals surface area (Å²) in [4.78, 5) is 7.64. The van der Waals surface area contributed by atoms with Crippen molar-refractivity contribution in [2.45, 2.75) is 50.7 Å². The van der Waals surface area contributed by atoms with Gasteiger partial charge in [0.1, 0.15) is 11.4 Å². The first-order chi connectivity index (χ1) is 14.4. The highest BCUT2D eigenvalue weighted by atomic mass is 35.5. The highest BCUT2D eigenvalue weighted by Crippen LogP contribution is 2.61. The summed E-state index contributed by atoms with van der Waals surface area (Å²) in [5, 5.41) is 0.159. The third-order valence-electron chi connectivity index (χ3n) is 7.81. The number of fused-ring (bicyclic) bond motifs is 3. The van der Waals surface area contributed by atoms with E-state index in [1.54, 1.807) is 12.1 Å². The molecular formula is C25H28ClFN2O. The number of rotatable bonds is 2. The lowest BCUT2D eigenvalue weighted by atomic mass is 9.61. The van der Waals surface area contributed by atoms with Gasteiger partial charge >= 0.3 is 0 Å². The van der Waals surface area contributed by atoms with E-state index < -0.39 is 0 Å². The molecule has 3 nitrogen and oxygen atoms in total. The van der Waals surface area contributed by atoms with Crippen LogP contribution < -0.4 is 0 Å². The Balaban J connectivity index is 1.62. The molecule has 0 aromatic heterocycles. The van der Waals surface area contributed by atoms with Crippen LogP contribution in [0.5, 0.6) is 0 Å². The second-order valence-corrected chi connectivity index (χ2v) is 9.68. The van der Waals surface area contributed by atoms with Crippen LogP contribution in [0.2, 0.25) is 5.02 Å². The molecule has 0 radical (unpaired) electrons. The first-order valence-electron chi connectivity index (χ1n) is 10.8. The molecule has 2 spiro atoms. The van der Waals surface area contributed by atoms with E-state index in [1.165, 1.54) is 17.2 Å². The molecule has 0 N–H and O–H groups in total. The van der Waals surface area contributed by atoms with Gasteiger partial charge in [-0.05, 0) is 79.5 Å². The molecule has 2 aliphatic carbocycles. The number of nitrogens with zero attached hydrogens (tertiary/aromatic N) is 2. The molecule has 2 aromatic rings. The minimum atomic E-state index is -0.385. The number of hydrogen-bond donors (Lipinski definition) is 0. The molecule has 158 valence electrons. The maximum atomic E-state index is 13.7. The molecule has 1 fully saturated rings. The summed E-state index contributed by atoms with van der Waals surface area (Å²) in [7, 11) is 3.97. The van der Waals surface area contributed by atoms with Crippen molar-refractivity contribution < 1.29 is 9.13 Å². The van der Waals surface area contributed by atoms with Crippen molar-refractivity contribution in [1.29, 1.82) is 0 Å². The van der Waals surface area contributed by atoms with Crippen molar-refractivity contribution in [3.8, 4) is 11.1 Å². The summed E-state index contributed by atoms with van der Waals surface area (Å²) >= 11 is 6.07. The molecule has 1 aliphatic heterocycles. The lowest BCUT2D eigenvalue weighted by molar-refractivity contribution is -0.00331. The third kappa shape index (κ3) is 2.84. The van der Waals surface area contributed by atoms with Crippen LogP contribution in [-0.2, 0) is 16.7 Å². The SMILES string of the molecule is COC1CCC2(CC1)Cc1ccc(-c3ccc(F)c(Cl)c3)cc1C21CN(C)C(C)=N1. The van der Waals surface area contributed by atoms with E-state index in [1.807, 2.05) is 7.11 Å². The minimum Gasteiger partial charge on any atom is -0.381 e. The largest absolute Gasteiger partial charge is 0.381 e. The fourth-order valence-electron chi connectivity index (χ4n) is 6.02. The standard InChI is InChI=1S/C25H28ClFN2O/c1-16-28-25(15-29(16)2)21-12-17(18-6-7-23(27)22(26)13-18)4-5-19(21)14-24(25)10-8-20(30-3)9-11-24/h4-7,12-13,20H,8-11,14-15H2,1-3H3. The lowest BCUT2D eigenvalue weighted by Crippen LogP contribution is -2.47. The first-order valence-corrected chi connectivity index (χ1v) is 11.1. The molecule has 5 rings (SSSR count). The van der Waals surface area contributed by atoms with Gasteiger partial charge in [0.15, 0.2) is 0 Å². The second kappa shape index (κ2) is 7.06. The van der Waals surface area contributed by atoms with Crippen LogP contribution in [0, 0.1) is 11.2 Å². The van der Waals surface area contributed by atoms with Crippen molar-refractivity contribution in [3.05, 3.63) is 58.4 Å². The number of benzene rings is 2. The smallest absolute Gasteiger partial charge is 0.141 e. The van der Waals surface area contributed by atoms with Crippen LogP contribution in [0.25, 0.3) is 11.1 Å². The number of hydrogen-bond acceptors (Lipinski definition) is 3. The van der Waals surface area contributed by atoms with E-state index in [0.717, 1.165) is 55.6 Å². The minimum absolute atomic E-state index is 0.134. The van der Waals surface area contributed by atoms with E-state index in [9.17, 15) is 4.39 Å². The molecule has 3 aliphatic rings. The molecule has 5 heteroatoms. The lowest BCUT2D eigenvalue weighted by Gasteiger charge is -2.46. The van der Waals surface area contributed by atoms with Crippen molar-refractivity contribution in [1.82, 2.24) is 4.90 Å². The molecule has 1 unspecified atom stereocenters. The molecule has 0 saturated heterocycles. The van der Waals surface area contributed by atoms with Crippen molar-refractivity contribution >= 4 is 17.4 Å². The van der Waals surface area contributed by atoms with E-state index in [2.05, 4.69) is 37.1 Å². The Morgan fingerprint density at radius 2 is 1.83 bits per heavy atom. The number of likely N-dealkylation sites (N-methyl/N-ethyl adjacent to an activating group) is 1. The van der Waals surface area contributed by atoms with Gasteiger partial charge in [-0.25, -0.2) is 4.39 Å². The summed E-state index contributed by atoms with van der Waals surface area (Å²) in [6, 6.07) is 11.6. The molecule has 0 amide bonds. The quantitative estimate of drug-likeness (QED) is 0.602. The molecule has 1 heterocycles. The predicted molar refractivity (Wildman–Crippen MR) is 120 cm³/mol. The van der Waals surface area contributed by atoms with Crippen LogP contribution in [0.3, 0.4) is 0 Å². The molecule has 0 bridgehead atoms. The van der Waals surface area contributed by atoms with Gasteiger partial charge in [0, 0.05) is 26.1 Å². The molecular weight excluding hydrogens is 399 g/mol. The van der Waals surface area contributed by atoms with Gasteiger partial charge in [-0.1, -0.05) is 29.8 Å².